The Hall–Kier alpha value is -4.05. The van der Waals surface area contributed by atoms with E-state index in [1.165, 1.54) is 23.0 Å². The molecule has 1 N–H and O–H groups in total. The Bertz CT molecular complexity index is 1940. The highest BCUT2D eigenvalue weighted by molar-refractivity contribution is 7.89. The van der Waals surface area contributed by atoms with E-state index in [-0.39, 0.29) is 16.1 Å². The summed E-state index contributed by atoms with van der Waals surface area (Å²) in [5, 5.41) is 17.9. The zero-order chi connectivity index (χ0) is 31.5. The number of anilines is 1. The zero-order valence-electron chi connectivity index (χ0n) is 24.2. The molecule has 2 saturated heterocycles. The van der Waals surface area contributed by atoms with Crippen LogP contribution >= 0.6 is 11.3 Å². The molecule has 3 aromatic heterocycles. The van der Waals surface area contributed by atoms with Crippen molar-refractivity contribution in [2.24, 2.45) is 0 Å². The average molecular weight is 658 g/mol. The van der Waals surface area contributed by atoms with Crippen LogP contribution in [0.4, 0.5) is 19.4 Å². The Morgan fingerprint density at radius 1 is 1.04 bits per heavy atom. The molecule has 7 rings (SSSR count). The largest absolute Gasteiger partial charge is 0.352 e. The molecule has 0 atom stereocenters. The van der Waals surface area contributed by atoms with Crippen LogP contribution in [0, 0.1) is 11.3 Å². The van der Waals surface area contributed by atoms with Gasteiger partial charge in [-0.05, 0) is 32.0 Å². The van der Waals surface area contributed by atoms with E-state index in [1.54, 1.807) is 6.07 Å². The third kappa shape index (κ3) is 5.32. The quantitative estimate of drug-likeness (QED) is 0.326. The van der Waals surface area contributed by atoms with Gasteiger partial charge in [0.2, 0.25) is 15.2 Å². The molecule has 4 aromatic rings. The summed E-state index contributed by atoms with van der Waals surface area (Å²) in [7, 11) is -2.05. The van der Waals surface area contributed by atoms with Gasteiger partial charge in [-0.25, -0.2) is 32.0 Å². The maximum Gasteiger partial charge on any atom is 0.320 e. The minimum absolute atomic E-state index is 0.0185. The number of benzene rings is 1. The summed E-state index contributed by atoms with van der Waals surface area (Å²) in [5.74, 6) is 0.573. The number of likely N-dealkylation sites (N-methyl/N-ethyl adjacent to an activating group) is 1. The Morgan fingerprint density at radius 2 is 1.73 bits per heavy atom. The summed E-state index contributed by atoms with van der Waals surface area (Å²) in [6, 6.07) is 6.54. The van der Waals surface area contributed by atoms with E-state index < -0.39 is 27.0 Å². The number of alkyl halides is 2. The van der Waals surface area contributed by atoms with Crippen molar-refractivity contribution < 1.29 is 22.0 Å². The average Bonchev–Trinajstić information content (AvgIpc) is 3.48. The Kier molecular flexibility index (Phi) is 7.30. The maximum atomic E-state index is 13.5. The normalized spacial score (nSPS) is 19.0. The van der Waals surface area contributed by atoms with Gasteiger partial charge in [0, 0.05) is 57.7 Å². The number of aromatic nitrogens is 5. The molecule has 2 amide bonds. The minimum atomic E-state index is -4.09. The summed E-state index contributed by atoms with van der Waals surface area (Å²) in [4.78, 5) is 30.1. The fourth-order valence-corrected chi connectivity index (χ4v) is 7.90. The monoisotopic (exact) mass is 657 g/mol. The molecule has 1 aromatic carbocycles. The number of hydrogen-bond donors (Lipinski definition) is 1. The number of rotatable bonds is 6. The van der Waals surface area contributed by atoms with Gasteiger partial charge < -0.3 is 19.6 Å². The molecule has 18 heteroatoms. The van der Waals surface area contributed by atoms with Crippen LogP contribution in [0.2, 0.25) is 0 Å². The van der Waals surface area contributed by atoms with E-state index in [0.29, 0.717) is 91.2 Å². The van der Waals surface area contributed by atoms with Gasteiger partial charge in [-0.2, -0.15) is 9.98 Å². The van der Waals surface area contributed by atoms with Crippen molar-refractivity contribution in [2.75, 3.05) is 64.3 Å². The van der Waals surface area contributed by atoms with Crippen molar-refractivity contribution in [3.8, 4) is 11.2 Å². The van der Waals surface area contributed by atoms with Crippen LogP contribution in [0.15, 0.2) is 29.4 Å². The number of halogens is 2. The molecule has 0 unspecified atom stereocenters. The van der Waals surface area contributed by atoms with Crippen LogP contribution in [0.1, 0.15) is 24.3 Å². The predicted molar refractivity (Wildman–Crippen MR) is 161 cm³/mol. The summed E-state index contributed by atoms with van der Waals surface area (Å²) in [5.41, 5.74) is -0.420. The van der Waals surface area contributed by atoms with Gasteiger partial charge in [0.25, 0.3) is 6.43 Å². The summed E-state index contributed by atoms with van der Waals surface area (Å²) in [6.45, 7) is 5.01. The summed E-state index contributed by atoms with van der Waals surface area (Å²) < 4.78 is 57.7. The molecule has 5 heterocycles. The van der Waals surface area contributed by atoms with Crippen molar-refractivity contribution in [3.63, 3.8) is 0 Å². The molecule has 45 heavy (non-hydrogen) atoms. The number of urea groups is 1. The van der Waals surface area contributed by atoms with Gasteiger partial charge in [0.05, 0.1) is 21.9 Å². The topological polar surface area (TPSA) is 156 Å². The minimum Gasteiger partial charge on any atom is -0.352 e. The first-order chi connectivity index (χ1) is 21.6. The van der Waals surface area contributed by atoms with Crippen molar-refractivity contribution in [2.45, 2.75) is 29.7 Å². The molecule has 3 aliphatic rings. The van der Waals surface area contributed by atoms with Crippen LogP contribution in [-0.2, 0) is 10.0 Å². The molecule has 2 aliphatic heterocycles. The highest BCUT2D eigenvalue weighted by Gasteiger charge is 2.47. The van der Waals surface area contributed by atoms with E-state index in [9.17, 15) is 27.3 Å². The zero-order valence-corrected chi connectivity index (χ0v) is 25.9. The van der Waals surface area contributed by atoms with E-state index in [1.807, 2.05) is 27.8 Å². The van der Waals surface area contributed by atoms with Crippen LogP contribution < -0.4 is 9.62 Å². The Balaban J connectivity index is 1.27. The number of fused-ring (bicyclic) bond motifs is 3. The second-order valence-electron chi connectivity index (χ2n) is 11.5. The lowest BCUT2D eigenvalue weighted by Crippen LogP contribution is -2.56. The van der Waals surface area contributed by atoms with Gasteiger partial charge in [0.1, 0.15) is 17.7 Å². The Morgan fingerprint density at radius 3 is 2.36 bits per heavy atom. The molecule has 1 saturated carbocycles. The molecular weight excluding hydrogens is 629 g/mol. The fraction of sp³-hybridized carbons (Fsp3) is 0.481. The molecular formula is C27H29F2N11O3S2. The lowest BCUT2D eigenvalue weighted by Gasteiger charge is -2.40. The summed E-state index contributed by atoms with van der Waals surface area (Å²) >= 11 is 0.681. The third-order valence-corrected chi connectivity index (χ3v) is 11.0. The van der Waals surface area contributed by atoms with Gasteiger partial charge >= 0.3 is 6.03 Å². The van der Waals surface area contributed by atoms with Crippen LogP contribution in [0.3, 0.4) is 0 Å². The second-order valence-corrected chi connectivity index (χ2v) is 14.2. The first-order valence-electron chi connectivity index (χ1n) is 14.4. The first-order valence-corrected chi connectivity index (χ1v) is 16.7. The number of sulfonamides is 1. The first kappa shape index (κ1) is 29.6. The van der Waals surface area contributed by atoms with E-state index in [2.05, 4.69) is 29.8 Å². The standard InChI is InChI=1S/C27H29F2N11O3S2/c1-36-6-8-38(9-7-36)26(41)39-12-10-37(11-13-39)22-20-18-3-2-17(45(42,43)35-27(15-30)4-5-27)14-19(18)40(23(20)32-16-31-22)25-34-33-24(44-25)21(28)29/h2-3,14,16,21,35H,4-13H2,1H3. The number of amides is 2. The number of nitrogens with zero attached hydrogens (tertiary/aromatic N) is 10. The smallest absolute Gasteiger partial charge is 0.320 e. The number of carbonyl (C=O) groups excluding carboxylic acids is 1. The maximum absolute atomic E-state index is 13.5. The van der Waals surface area contributed by atoms with E-state index in [0.717, 1.165) is 13.1 Å². The van der Waals surface area contributed by atoms with Gasteiger partial charge in [0.15, 0.2) is 10.7 Å². The van der Waals surface area contributed by atoms with Gasteiger partial charge in [-0.3, -0.25) is 4.57 Å². The number of carbonyl (C=O) groups is 1. The lowest BCUT2D eigenvalue weighted by molar-refractivity contribution is 0.120. The van der Waals surface area contributed by atoms with Crippen LogP contribution in [-0.4, -0.2) is 119 Å². The number of nitriles is 1. The van der Waals surface area contributed by atoms with Crippen molar-refractivity contribution in [3.05, 3.63) is 29.5 Å². The number of nitrogens with one attached hydrogen (secondary N) is 1. The SMILES string of the molecule is CN1CCN(C(=O)N2CCN(c3ncnc4c3c3ccc(S(=O)(=O)NC5(C#N)CC5)cc3n4-c3nnc(C(F)F)s3)CC2)CC1. The lowest BCUT2D eigenvalue weighted by atomic mass is 10.2. The van der Waals surface area contributed by atoms with Crippen molar-refractivity contribution >= 4 is 55.1 Å². The molecule has 236 valence electrons. The molecule has 14 nitrogen and oxygen atoms in total. The molecule has 0 bridgehead atoms. The van der Waals surface area contributed by atoms with Crippen LogP contribution in [0.5, 0.6) is 0 Å². The molecule has 0 spiro atoms. The van der Waals surface area contributed by atoms with Crippen LogP contribution in [0.25, 0.3) is 27.1 Å². The third-order valence-electron chi connectivity index (χ3n) is 8.53. The molecule has 1 aliphatic carbocycles. The highest BCUT2D eigenvalue weighted by atomic mass is 32.2. The van der Waals surface area contributed by atoms with E-state index in [4.69, 9.17) is 0 Å². The van der Waals surface area contributed by atoms with Crippen molar-refractivity contribution in [1.82, 2.24) is 44.2 Å². The number of piperazine rings is 2. The van der Waals surface area contributed by atoms with Gasteiger partial charge in [-0.15, -0.1) is 10.2 Å². The molecule has 3 fully saturated rings. The second kappa shape index (κ2) is 11.1. The Labute approximate surface area is 260 Å². The van der Waals surface area contributed by atoms with Gasteiger partial charge in [-0.1, -0.05) is 17.4 Å². The summed E-state index contributed by atoms with van der Waals surface area (Å²) in [6.07, 6.45) is -0.633. The van der Waals surface area contributed by atoms with E-state index >= 15 is 0 Å². The fourth-order valence-electron chi connectivity index (χ4n) is 5.79. The molecule has 0 radical (unpaired) electrons. The predicted octanol–water partition coefficient (Wildman–Crippen LogP) is 2.19. The highest BCUT2D eigenvalue weighted by Crippen LogP contribution is 2.40. The van der Waals surface area contributed by atoms with Crippen molar-refractivity contribution in [1.29, 1.82) is 5.26 Å². The number of hydrogen-bond acceptors (Lipinski definition) is 11.